The van der Waals surface area contributed by atoms with E-state index in [-0.39, 0.29) is 5.15 Å². The minimum atomic E-state index is -0.628. The fourth-order valence-corrected chi connectivity index (χ4v) is 2.70. The number of aliphatic hydroxyl groups is 1. The molecule has 1 saturated carbocycles. The molecule has 1 fully saturated rings. The van der Waals surface area contributed by atoms with Crippen molar-refractivity contribution in [2.24, 2.45) is 0 Å². The molecule has 0 atom stereocenters. The number of likely N-dealkylation sites (N-methyl/N-ethyl adjacent to an activating group) is 1. The summed E-state index contributed by atoms with van der Waals surface area (Å²) >= 11 is 5.96. The van der Waals surface area contributed by atoms with Crippen molar-refractivity contribution >= 4 is 17.4 Å². The summed E-state index contributed by atoms with van der Waals surface area (Å²) in [6, 6.07) is 0. The molecule has 0 amide bonds. The molecule has 18 heavy (non-hydrogen) atoms. The lowest BCUT2D eigenvalue weighted by atomic mass is 10.0. The van der Waals surface area contributed by atoms with Crippen LogP contribution in [0.2, 0.25) is 5.15 Å². The van der Waals surface area contributed by atoms with Crippen molar-refractivity contribution in [3.63, 3.8) is 0 Å². The van der Waals surface area contributed by atoms with Crippen molar-refractivity contribution in [3.8, 4) is 5.75 Å². The maximum atomic E-state index is 10.4. The van der Waals surface area contributed by atoms with E-state index in [4.69, 9.17) is 16.3 Å². The third-order valence-electron chi connectivity index (χ3n) is 3.37. The number of aromatic nitrogens is 2. The molecule has 0 spiro atoms. The van der Waals surface area contributed by atoms with E-state index in [1.807, 2.05) is 11.9 Å². The Kier molecular flexibility index (Phi) is 3.92. The summed E-state index contributed by atoms with van der Waals surface area (Å²) in [6.45, 7) is 0.525. The lowest BCUT2D eigenvalue weighted by Crippen LogP contribution is -2.39. The van der Waals surface area contributed by atoms with Crippen molar-refractivity contribution in [3.05, 3.63) is 11.5 Å². The molecule has 0 bridgehead atoms. The van der Waals surface area contributed by atoms with Crippen LogP contribution in [-0.2, 0) is 0 Å². The Labute approximate surface area is 112 Å². The first kappa shape index (κ1) is 13.4. The van der Waals surface area contributed by atoms with Gasteiger partial charge in [-0.2, -0.15) is 0 Å². The second-order valence-corrected chi connectivity index (χ2v) is 5.17. The average Bonchev–Trinajstić information content (AvgIpc) is 2.75. The SMILES string of the molecule is COc1c(Cl)ncnc1N(C)CC1(O)CCCC1. The standard InChI is InChI=1S/C12H18ClN3O2/c1-16(7-12(17)5-3-4-6-12)11-9(18-2)10(13)14-8-15-11/h8,17H,3-7H2,1-2H3. The van der Waals surface area contributed by atoms with Gasteiger partial charge in [0.2, 0.25) is 0 Å². The van der Waals surface area contributed by atoms with Crippen molar-refractivity contribution in [2.75, 3.05) is 25.6 Å². The predicted molar refractivity (Wildman–Crippen MR) is 70.3 cm³/mol. The number of rotatable bonds is 4. The maximum Gasteiger partial charge on any atom is 0.199 e. The Balaban J connectivity index is 2.18. The van der Waals surface area contributed by atoms with Gasteiger partial charge in [0.05, 0.1) is 12.7 Å². The molecular weight excluding hydrogens is 254 g/mol. The van der Waals surface area contributed by atoms with Gasteiger partial charge in [-0.3, -0.25) is 0 Å². The van der Waals surface area contributed by atoms with Gasteiger partial charge in [-0.05, 0) is 12.8 Å². The monoisotopic (exact) mass is 271 g/mol. The number of anilines is 1. The molecule has 6 heteroatoms. The molecule has 1 aromatic heterocycles. The third-order valence-corrected chi connectivity index (χ3v) is 3.64. The summed E-state index contributed by atoms with van der Waals surface area (Å²) in [5.74, 6) is 1.06. The average molecular weight is 272 g/mol. The number of hydrogen-bond donors (Lipinski definition) is 1. The van der Waals surface area contributed by atoms with Crippen molar-refractivity contribution in [2.45, 2.75) is 31.3 Å². The Hall–Kier alpha value is -1.07. The fraction of sp³-hybridized carbons (Fsp3) is 0.667. The van der Waals surface area contributed by atoms with Gasteiger partial charge < -0.3 is 14.7 Å². The summed E-state index contributed by atoms with van der Waals surface area (Å²) in [6.07, 6.45) is 5.21. The topological polar surface area (TPSA) is 58.5 Å². The van der Waals surface area contributed by atoms with E-state index in [9.17, 15) is 5.11 Å². The number of hydrogen-bond acceptors (Lipinski definition) is 5. The smallest absolute Gasteiger partial charge is 0.199 e. The first-order valence-corrected chi connectivity index (χ1v) is 6.41. The van der Waals surface area contributed by atoms with Crippen LogP contribution in [0.4, 0.5) is 5.82 Å². The van der Waals surface area contributed by atoms with Crippen LogP contribution in [0, 0.1) is 0 Å². The minimum absolute atomic E-state index is 0.285. The highest BCUT2D eigenvalue weighted by Crippen LogP contribution is 2.34. The zero-order chi connectivity index (χ0) is 13.2. The van der Waals surface area contributed by atoms with Crippen molar-refractivity contribution in [1.82, 2.24) is 9.97 Å². The Bertz CT molecular complexity index is 422. The van der Waals surface area contributed by atoms with E-state index < -0.39 is 5.60 Å². The molecule has 0 aromatic carbocycles. The van der Waals surface area contributed by atoms with Gasteiger partial charge in [0.1, 0.15) is 6.33 Å². The molecule has 100 valence electrons. The van der Waals surface area contributed by atoms with Gasteiger partial charge in [0.25, 0.3) is 0 Å². The van der Waals surface area contributed by atoms with Gasteiger partial charge in [-0.1, -0.05) is 24.4 Å². The van der Waals surface area contributed by atoms with Gasteiger partial charge in [-0.15, -0.1) is 0 Å². The summed E-state index contributed by atoms with van der Waals surface area (Å²) in [5.41, 5.74) is -0.628. The minimum Gasteiger partial charge on any atom is -0.490 e. The quantitative estimate of drug-likeness (QED) is 0.848. The highest BCUT2D eigenvalue weighted by atomic mass is 35.5. The van der Waals surface area contributed by atoms with Crippen LogP contribution >= 0.6 is 11.6 Å². The molecule has 1 aliphatic rings. The van der Waals surface area contributed by atoms with E-state index >= 15 is 0 Å². The molecule has 5 nitrogen and oxygen atoms in total. The van der Waals surface area contributed by atoms with E-state index in [0.29, 0.717) is 18.1 Å². The Morgan fingerprint density at radius 3 is 2.72 bits per heavy atom. The molecular formula is C12H18ClN3O2. The molecule has 2 rings (SSSR count). The van der Waals surface area contributed by atoms with Crippen molar-refractivity contribution < 1.29 is 9.84 Å². The van der Waals surface area contributed by atoms with Crippen LogP contribution in [-0.4, -0.2) is 41.4 Å². The van der Waals surface area contributed by atoms with Crippen LogP contribution in [0.5, 0.6) is 5.75 Å². The van der Waals surface area contributed by atoms with Crippen LogP contribution in [0.25, 0.3) is 0 Å². The van der Waals surface area contributed by atoms with E-state index in [2.05, 4.69) is 9.97 Å². The van der Waals surface area contributed by atoms with E-state index in [1.54, 1.807) is 0 Å². The summed E-state index contributed by atoms with van der Waals surface area (Å²) < 4.78 is 5.21. The molecule has 0 aliphatic heterocycles. The second kappa shape index (κ2) is 5.28. The Morgan fingerprint density at radius 2 is 2.11 bits per heavy atom. The summed E-state index contributed by atoms with van der Waals surface area (Å²) in [7, 11) is 3.41. The van der Waals surface area contributed by atoms with Crippen LogP contribution in [0.15, 0.2) is 6.33 Å². The first-order valence-electron chi connectivity index (χ1n) is 6.04. The number of ether oxygens (including phenoxy) is 1. The normalized spacial score (nSPS) is 17.8. The molecule has 0 radical (unpaired) electrons. The number of methoxy groups -OCH3 is 1. The van der Waals surface area contributed by atoms with Crippen LogP contribution < -0.4 is 9.64 Å². The first-order chi connectivity index (χ1) is 8.56. The van der Waals surface area contributed by atoms with Gasteiger partial charge in [0.15, 0.2) is 16.7 Å². The molecule has 0 saturated heterocycles. The van der Waals surface area contributed by atoms with E-state index in [1.165, 1.54) is 13.4 Å². The third kappa shape index (κ3) is 2.67. The maximum absolute atomic E-state index is 10.4. The molecule has 1 heterocycles. The number of nitrogens with zero attached hydrogens (tertiary/aromatic N) is 3. The molecule has 1 aromatic rings. The van der Waals surface area contributed by atoms with Gasteiger partial charge in [-0.25, -0.2) is 9.97 Å². The summed E-state index contributed by atoms with van der Waals surface area (Å²) in [4.78, 5) is 9.93. The molecule has 1 N–H and O–H groups in total. The summed E-state index contributed by atoms with van der Waals surface area (Å²) in [5, 5.41) is 10.7. The second-order valence-electron chi connectivity index (χ2n) is 4.81. The molecule has 1 aliphatic carbocycles. The lowest BCUT2D eigenvalue weighted by Gasteiger charge is -2.29. The number of halogens is 1. The largest absolute Gasteiger partial charge is 0.490 e. The van der Waals surface area contributed by atoms with Crippen LogP contribution in [0.3, 0.4) is 0 Å². The van der Waals surface area contributed by atoms with Gasteiger partial charge >= 0.3 is 0 Å². The highest BCUT2D eigenvalue weighted by molar-refractivity contribution is 6.31. The van der Waals surface area contributed by atoms with Gasteiger partial charge in [0, 0.05) is 13.6 Å². The zero-order valence-electron chi connectivity index (χ0n) is 10.7. The predicted octanol–water partition coefficient (Wildman–Crippen LogP) is 1.88. The van der Waals surface area contributed by atoms with E-state index in [0.717, 1.165) is 25.7 Å². The lowest BCUT2D eigenvalue weighted by molar-refractivity contribution is 0.0557. The fourth-order valence-electron chi connectivity index (χ4n) is 2.50. The van der Waals surface area contributed by atoms with Crippen molar-refractivity contribution in [1.29, 1.82) is 0 Å². The Morgan fingerprint density at radius 1 is 1.44 bits per heavy atom. The van der Waals surface area contributed by atoms with Crippen LogP contribution in [0.1, 0.15) is 25.7 Å². The zero-order valence-corrected chi connectivity index (χ0v) is 11.4. The highest BCUT2D eigenvalue weighted by Gasteiger charge is 2.33. The molecule has 0 unspecified atom stereocenters.